The van der Waals surface area contributed by atoms with Gasteiger partial charge in [-0.1, -0.05) is 55.8 Å². The Bertz CT molecular complexity index is 729. The quantitative estimate of drug-likeness (QED) is 0.793. The molecule has 0 spiro atoms. The molecule has 0 unspecified atom stereocenters. The second-order valence-corrected chi connectivity index (χ2v) is 6.98. The van der Waals surface area contributed by atoms with E-state index in [2.05, 4.69) is 5.32 Å². The summed E-state index contributed by atoms with van der Waals surface area (Å²) in [7, 11) is 0. The zero-order chi connectivity index (χ0) is 19.1. The number of likely N-dealkylation sites (N-methyl/N-ethyl adjacent to an activating group) is 1. The molecule has 1 N–H and O–H groups in total. The minimum atomic E-state index is -0.582. The van der Waals surface area contributed by atoms with Gasteiger partial charge in [0.1, 0.15) is 6.04 Å². The molecule has 1 atom stereocenters. The van der Waals surface area contributed by atoms with Crippen molar-refractivity contribution in [3.63, 3.8) is 0 Å². The summed E-state index contributed by atoms with van der Waals surface area (Å²) in [6.45, 7) is 6.91. The van der Waals surface area contributed by atoms with Crippen molar-refractivity contribution in [1.29, 1.82) is 0 Å². The third-order valence-corrected chi connectivity index (χ3v) is 4.49. The topological polar surface area (TPSA) is 49.4 Å². The lowest BCUT2D eigenvalue weighted by Crippen LogP contribution is -2.51. The molecule has 2 aromatic carbocycles. The molecule has 0 radical (unpaired) electrons. The zero-order valence-electron chi connectivity index (χ0n) is 15.4. The second-order valence-electron chi connectivity index (χ2n) is 6.54. The molecule has 0 saturated carbocycles. The first-order valence-corrected chi connectivity index (χ1v) is 9.19. The minimum absolute atomic E-state index is 0.0245. The van der Waals surface area contributed by atoms with E-state index in [9.17, 15) is 9.59 Å². The summed E-state index contributed by atoms with van der Waals surface area (Å²) in [6.07, 6.45) is 0. The number of carbonyl (C=O) groups excluding carboxylic acids is 2. The molecule has 0 aliphatic carbocycles. The molecule has 138 valence electrons. The van der Waals surface area contributed by atoms with Crippen molar-refractivity contribution in [3.05, 3.63) is 70.7 Å². The van der Waals surface area contributed by atoms with E-state index in [1.165, 1.54) is 0 Å². The van der Waals surface area contributed by atoms with Crippen molar-refractivity contribution in [3.8, 4) is 0 Å². The Kier molecular flexibility index (Phi) is 7.22. The number of carbonyl (C=O) groups is 2. The van der Waals surface area contributed by atoms with Crippen LogP contribution in [0.2, 0.25) is 5.02 Å². The van der Waals surface area contributed by atoms with Gasteiger partial charge >= 0.3 is 0 Å². The average Bonchev–Trinajstić information content (AvgIpc) is 2.64. The fourth-order valence-electron chi connectivity index (χ4n) is 2.69. The van der Waals surface area contributed by atoms with Gasteiger partial charge in [-0.3, -0.25) is 9.59 Å². The van der Waals surface area contributed by atoms with Gasteiger partial charge in [-0.05, 0) is 42.7 Å². The molecule has 4 nitrogen and oxygen atoms in total. The summed E-state index contributed by atoms with van der Waals surface area (Å²) in [5.74, 6) is -0.373. The van der Waals surface area contributed by atoms with Crippen LogP contribution in [-0.4, -0.2) is 29.3 Å². The Labute approximate surface area is 160 Å². The fraction of sp³-hybridized carbons (Fsp3) is 0.333. The van der Waals surface area contributed by atoms with Gasteiger partial charge in [-0.2, -0.15) is 0 Å². The molecule has 2 aromatic rings. The summed E-state index contributed by atoms with van der Waals surface area (Å²) in [5.41, 5.74) is 1.55. The van der Waals surface area contributed by atoms with Gasteiger partial charge in [0.15, 0.2) is 0 Å². The van der Waals surface area contributed by atoms with Crippen LogP contribution < -0.4 is 5.32 Å². The molecule has 0 aliphatic rings. The number of hydrogen-bond acceptors (Lipinski definition) is 2. The van der Waals surface area contributed by atoms with E-state index >= 15 is 0 Å². The summed E-state index contributed by atoms with van der Waals surface area (Å²) < 4.78 is 0. The van der Waals surface area contributed by atoms with E-state index in [1.807, 2.05) is 51.1 Å². The minimum Gasteiger partial charge on any atom is -0.340 e. The number of amides is 2. The van der Waals surface area contributed by atoms with E-state index in [-0.39, 0.29) is 17.7 Å². The van der Waals surface area contributed by atoms with Gasteiger partial charge in [-0.15, -0.1) is 0 Å². The number of benzene rings is 2. The van der Waals surface area contributed by atoms with E-state index < -0.39 is 6.04 Å². The molecule has 0 heterocycles. The Hall–Kier alpha value is -2.33. The molecule has 5 heteroatoms. The second kappa shape index (κ2) is 9.39. The Balaban J connectivity index is 2.12. The number of nitrogens with zero attached hydrogens (tertiary/aromatic N) is 1. The van der Waals surface area contributed by atoms with Crippen molar-refractivity contribution >= 4 is 23.4 Å². The SMILES string of the molecule is CCN(Cc1ccccc1)C(=O)[C@H](NC(=O)c1ccc(Cl)cc1)C(C)C. The molecule has 0 bridgehead atoms. The van der Waals surface area contributed by atoms with E-state index in [4.69, 9.17) is 11.6 Å². The molecular formula is C21H25ClN2O2. The van der Waals surface area contributed by atoms with Gasteiger partial charge in [0.25, 0.3) is 5.91 Å². The number of halogens is 1. The van der Waals surface area contributed by atoms with Crippen LogP contribution in [0.4, 0.5) is 0 Å². The van der Waals surface area contributed by atoms with Crippen LogP contribution in [0.15, 0.2) is 54.6 Å². The maximum Gasteiger partial charge on any atom is 0.251 e. The third kappa shape index (κ3) is 5.33. The van der Waals surface area contributed by atoms with Crippen molar-refractivity contribution in [2.24, 2.45) is 5.92 Å². The van der Waals surface area contributed by atoms with E-state index in [1.54, 1.807) is 29.2 Å². The van der Waals surface area contributed by atoms with Gasteiger partial charge < -0.3 is 10.2 Å². The van der Waals surface area contributed by atoms with Gasteiger partial charge in [0.05, 0.1) is 0 Å². The van der Waals surface area contributed by atoms with E-state index in [0.29, 0.717) is 23.7 Å². The van der Waals surface area contributed by atoms with Gasteiger partial charge in [-0.25, -0.2) is 0 Å². The van der Waals surface area contributed by atoms with Crippen LogP contribution in [0.3, 0.4) is 0 Å². The fourth-order valence-corrected chi connectivity index (χ4v) is 2.81. The third-order valence-electron chi connectivity index (χ3n) is 4.24. The number of hydrogen-bond donors (Lipinski definition) is 1. The Morgan fingerprint density at radius 2 is 1.65 bits per heavy atom. The van der Waals surface area contributed by atoms with Crippen molar-refractivity contribution in [1.82, 2.24) is 10.2 Å². The molecule has 2 rings (SSSR count). The maximum absolute atomic E-state index is 13.0. The maximum atomic E-state index is 13.0. The summed E-state index contributed by atoms with van der Waals surface area (Å²) in [5, 5.41) is 3.45. The number of rotatable bonds is 7. The first-order valence-electron chi connectivity index (χ1n) is 8.81. The lowest BCUT2D eigenvalue weighted by Gasteiger charge is -2.29. The number of nitrogens with one attached hydrogen (secondary N) is 1. The lowest BCUT2D eigenvalue weighted by atomic mass is 10.0. The Morgan fingerprint density at radius 1 is 1.04 bits per heavy atom. The molecule has 0 saturated heterocycles. The van der Waals surface area contributed by atoms with Crippen LogP contribution in [0.1, 0.15) is 36.7 Å². The van der Waals surface area contributed by atoms with E-state index in [0.717, 1.165) is 5.56 Å². The first kappa shape index (κ1) is 20.0. The van der Waals surface area contributed by atoms with Crippen LogP contribution in [-0.2, 0) is 11.3 Å². The average molecular weight is 373 g/mol. The predicted molar refractivity (Wildman–Crippen MR) is 105 cm³/mol. The highest BCUT2D eigenvalue weighted by molar-refractivity contribution is 6.30. The van der Waals surface area contributed by atoms with Crippen LogP contribution >= 0.6 is 11.6 Å². The van der Waals surface area contributed by atoms with Crippen LogP contribution in [0.5, 0.6) is 0 Å². The largest absolute Gasteiger partial charge is 0.340 e. The summed E-state index contributed by atoms with van der Waals surface area (Å²) in [6, 6.07) is 15.9. The molecule has 2 amide bonds. The first-order chi connectivity index (χ1) is 12.4. The smallest absolute Gasteiger partial charge is 0.251 e. The molecule has 0 aliphatic heterocycles. The van der Waals surface area contributed by atoms with Crippen molar-refractivity contribution in [2.75, 3.05) is 6.54 Å². The summed E-state index contributed by atoms with van der Waals surface area (Å²) in [4.78, 5) is 27.3. The van der Waals surface area contributed by atoms with Crippen LogP contribution in [0.25, 0.3) is 0 Å². The molecule has 0 aromatic heterocycles. The zero-order valence-corrected chi connectivity index (χ0v) is 16.2. The standard InChI is InChI=1S/C21H25ClN2O2/c1-4-24(14-16-8-6-5-7-9-16)21(26)19(15(2)3)23-20(25)17-10-12-18(22)13-11-17/h5-13,15,19H,4,14H2,1-3H3,(H,23,25)/t19-/m1/s1. The molecule has 26 heavy (non-hydrogen) atoms. The Morgan fingerprint density at radius 3 is 2.19 bits per heavy atom. The predicted octanol–water partition coefficient (Wildman–Crippen LogP) is 4.14. The monoisotopic (exact) mass is 372 g/mol. The molecule has 0 fully saturated rings. The lowest BCUT2D eigenvalue weighted by molar-refractivity contribution is -0.134. The normalized spacial score (nSPS) is 11.9. The van der Waals surface area contributed by atoms with Gasteiger partial charge in [0, 0.05) is 23.7 Å². The highest BCUT2D eigenvalue weighted by Gasteiger charge is 2.28. The molecular weight excluding hydrogens is 348 g/mol. The van der Waals surface area contributed by atoms with Crippen molar-refractivity contribution < 1.29 is 9.59 Å². The van der Waals surface area contributed by atoms with Crippen LogP contribution in [0, 0.1) is 5.92 Å². The van der Waals surface area contributed by atoms with Crippen molar-refractivity contribution in [2.45, 2.75) is 33.4 Å². The van der Waals surface area contributed by atoms with Gasteiger partial charge in [0.2, 0.25) is 5.91 Å². The summed E-state index contributed by atoms with van der Waals surface area (Å²) >= 11 is 5.87. The highest BCUT2D eigenvalue weighted by atomic mass is 35.5. The highest BCUT2D eigenvalue weighted by Crippen LogP contribution is 2.13.